The van der Waals surface area contributed by atoms with Gasteiger partial charge in [-0.25, -0.2) is 0 Å². The molecule has 0 atom stereocenters. The standard InChI is InChI=1S/C28H38N2O4/c1-29-19-20-33-24-11-4-3-9-23(24)10-7-8-14-28(22-29)15-17-30(18-16-28)27(31)21-34-26-13-6-5-12-25(26)32-2/h3-6,9,11-13H,7-8,10,14-22H2,1-2H3. The minimum atomic E-state index is 0.0457. The zero-order valence-electron chi connectivity index (χ0n) is 20.6. The molecule has 1 amide bonds. The van der Waals surface area contributed by atoms with Crippen LogP contribution in [0.3, 0.4) is 0 Å². The van der Waals surface area contributed by atoms with Crippen LogP contribution in [0.1, 0.15) is 37.7 Å². The molecular weight excluding hydrogens is 428 g/mol. The zero-order valence-corrected chi connectivity index (χ0v) is 20.6. The van der Waals surface area contributed by atoms with E-state index in [9.17, 15) is 4.79 Å². The summed E-state index contributed by atoms with van der Waals surface area (Å²) >= 11 is 0. The minimum Gasteiger partial charge on any atom is -0.493 e. The molecule has 1 fully saturated rings. The number of ether oxygens (including phenoxy) is 3. The van der Waals surface area contributed by atoms with Crippen LogP contribution in [0.15, 0.2) is 48.5 Å². The first-order valence-corrected chi connectivity index (χ1v) is 12.5. The van der Waals surface area contributed by atoms with E-state index >= 15 is 0 Å². The number of hydrogen-bond acceptors (Lipinski definition) is 5. The van der Waals surface area contributed by atoms with Gasteiger partial charge in [0.25, 0.3) is 5.91 Å². The number of methoxy groups -OCH3 is 1. The number of nitrogens with zero attached hydrogens (tertiary/aromatic N) is 2. The second-order valence-corrected chi connectivity index (χ2v) is 9.72. The topological polar surface area (TPSA) is 51.2 Å². The molecule has 184 valence electrons. The third kappa shape index (κ3) is 6.23. The quantitative estimate of drug-likeness (QED) is 0.668. The SMILES string of the molecule is COc1ccccc1OCC(=O)N1CCC2(CCCCc3ccccc3OCCN(C)C2)CC1. The molecule has 0 radical (unpaired) electrons. The Hall–Kier alpha value is -2.73. The number of aryl methyl sites for hydroxylation is 1. The molecule has 1 spiro atoms. The van der Waals surface area contributed by atoms with Gasteiger partial charge >= 0.3 is 0 Å². The van der Waals surface area contributed by atoms with Gasteiger partial charge in [0, 0.05) is 26.2 Å². The molecule has 0 N–H and O–H groups in total. The van der Waals surface area contributed by atoms with Gasteiger partial charge in [-0.05, 0) is 68.3 Å². The Morgan fingerprint density at radius 3 is 2.50 bits per heavy atom. The first kappa shape index (κ1) is 24.4. The van der Waals surface area contributed by atoms with Crippen molar-refractivity contribution in [1.82, 2.24) is 9.80 Å². The molecule has 6 heteroatoms. The van der Waals surface area contributed by atoms with Gasteiger partial charge in [-0.3, -0.25) is 4.79 Å². The Morgan fingerprint density at radius 1 is 0.971 bits per heavy atom. The van der Waals surface area contributed by atoms with Crippen molar-refractivity contribution < 1.29 is 19.0 Å². The third-order valence-corrected chi connectivity index (χ3v) is 7.31. The van der Waals surface area contributed by atoms with Crippen molar-refractivity contribution >= 4 is 5.91 Å². The number of hydrogen-bond donors (Lipinski definition) is 0. The normalized spacial score (nSPS) is 19.3. The largest absolute Gasteiger partial charge is 0.493 e. The minimum absolute atomic E-state index is 0.0457. The number of rotatable bonds is 4. The second-order valence-electron chi connectivity index (χ2n) is 9.72. The van der Waals surface area contributed by atoms with E-state index in [1.807, 2.05) is 29.2 Å². The molecule has 34 heavy (non-hydrogen) atoms. The fourth-order valence-electron chi connectivity index (χ4n) is 5.32. The Labute approximate surface area is 203 Å². The molecule has 0 unspecified atom stereocenters. The smallest absolute Gasteiger partial charge is 0.260 e. The summed E-state index contributed by atoms with van der Waals surface area (Å²) in [5, 5.41) is 0. The molecular formula is C28H38N2O4. The number of amides is 1. The van der Waals surface area contributed by atoms with E-state index in [2.05, 4.69) is 36.2 Å². The lowest BCUT2D eigenvalue weighted by molar-refractivity contribution is -0.136. The molecule has 6 nitrogen and oxygen atoms in total. The van der Waals surface area contributed by atoms with Crippen LogP contribution in [0.5, 0.6) is 17.2 Å². The molecule has 0 aliphatic carbocycles. The Balaban J connectivity index is 1.32. The summed E-state index contributed by atoms with van der Waals surface area (Å²) < 4.78 is 17.2. The van der Waals surface area contributed by atoms with E-state index in [1.165, 1.54) is 24.8 Å². The molecule has 4 rings (SSSR count). The highest BCUT2D eigenvalue weighted by molar-refractivity contribution is 5.78. The van der Waals surface area contributed by atoms with Crippen molar-refractivity contribution in [2.45, 2.75) is 38.5 Å². The van der Waals surface area contributed by atoms with Crippen LogP contribution in [0.25, 0.3) is 0 Å². The molecule has 2 aromatic rings. The molecule has 0 saturated carbocycles. The highest BCUT2D eigenvalue weighted by atomic mass is 16.5. The average molecular weight is 467 g/mol. The first-order valence-electron chi connectivity index (χ1n) is 12.5. The molecule has 2 heterocycles. The summed E-state index contributed by atoms with van der Waals surface area (Å²) in [5.41, 5.74) is 1.57. The number of carbonyl (C=O) groups excluding carboxylic acids is 1. The van der Waals surface area contributed by atoms with E-state index in [0.29, 0.717) is 18.1 Å². The molecule has 0 aromatic heterocycles. The van der Waals surface area contributed by atoms with E-state index in [4.69, 9.17) is 14.2 Å². The van der Waals surface area contributed by atoms with Crippen LogP contribution in [0.2, 0.25) is 0 Å². The maximum absolute atomic E-state index is 12.9. The predicted molar refractivity (Wildman–Crippen MR) is 134 cm³/mol. The molecule has 2 aliphatic rings. The van der Waals surface area contributed by atoms with Crippen LogP contribution >= 0.6 is 0 Å². The van der Waals surface area contributed by atoms with Gasteiger partial charge < -0.3 is 24.0 Å². The average Bonchev–Trinajstić information content (AvgIpc) is 2.86. The summed E-state index contributed by atoms with van der Waals surface area (Å²) in [4.78, 5) is 17.2. The monoisotopic (exact) mass is 466 g/mol. The fourth-order valence-corrected chi connectivity index (χ4v) is 5.32. The maximum atomic E-state index is 12.9. The number of likely N-dealkylation sites (N-methyl/N-ethyl adjacent to an activating group) is 1. The molecule has 2 aliphatic heterocycles. The van der Waals surface area contributed by atoms with Crippen LogP contribution < -0.4 is 14.2 Å². The molecule has 2 aromatic carbocycles. The highest BCUT2D eigenvalue weighted by Crippen LogP contribution is 2.38. The van der Waals surface area contributed by atoms with Gasteiger partial charge in [0.1, 0.15) is 12.4 Å². The lowest BCUT2D eigenvalue weighted by Crippen LogP contribution is -2.48. The van der Waals surface area contributed by atoms with Crippen LogP contribution in [0, 0.1) is 5.41 Å². The van der Waals surface area contributed by atoms with Crippen molar-refractivity contribution in [1.29, 1.82) is 0 Å². The number of benzene rings is 2. The summed E-state index contributed by atoms with van der Waals surface area (Å²) in [6.45, 7) is 4.30. The van der Waals surface area contributed by atoms with E-state index < -0.39 is 0 Å². The lowest BCUT2D eigenvalue weighted by atomic mass is 9.73. The van der Waals surface area contributed by atoms with Gasteiger partial charge in [-0.15, -0.1) is 0 Å². The second kappa shape index (κ2) is 11.6. The number of piperidine rings is 1. The van der Waals surface area contributed by atoms with E-state index in [1.54, 1.807) is 7.11 Å². The Morgan fingerprint density at radius 2 is 1.71 bits per heavy atom. The van der Waals surface area contributed by atoms with Crippen molar-refractivity contribution in [2.75, 3.05) is 53.6 Å². The van der Waals surface area contributed by atoms with Gasteiger partial charge in [0.05, 0.1) is 7.11 Å². The first-order chi connectivity index (χ1) is 16.6. The number of fused-ring (bicyclic) bond motifs is 1. The van der Waals surface area contributed by atoms with Gasteiger partial charge in [0.15, 0.2) is 18.1 Å². The number of carbonyl (C=O) groups is 1. The van der Waals surface area contributed by atoms with Crippen molar-refractivity contribution in [3.63, 3.8) is 0 Å². The van der Waals surface area contributed by atoms with Gasteiger partial charge in [-0.1, -0.05) is 36.8 Å². The van der Waals surface area contributed by atoms with Crippen LogP contribution in [0.4, 0.5) is 0 Å². The molecule has 1 saturated heterocycles. The summed E-state index contributed by atoms with van der Waals surface area (Å²) in [7, 11) is 3.81. The van der Waals surface area contributed by atoms with Crippen LogP contribution in [-0.2, 0) is 11.2 Å². The highest BCUT2D eigenvalue weighted by Gasteiger charge is 2.36. The summed E-state index contributed by atoms with van der Waals surface area (Å²) in [6.07, 6.45) is 6.71. The number of para-hydroxylation sites is 3. The number of likely N-dealkylation sites (tertiary alicyclic amines) is 1. The van der Waals surface area contributed by atoms with E-state index in [0.717, 1.165) is 51.2 Å². The van der Waals surface area contributed by atoms with Gasteiger partial charge in [0.2, 0.25) is 0 Å². The fraction of sp³-hybridized carbons (Fsp3) is 0.536. The van der Waals surface area contributed by atoms with Crippen molar-refractivity contribution in [2.24, 2.45) is 5.41 Å². The molecule has 0 bridgehead atoms. The summed E-state index contributed by atoms with van der Waals surface area (Å²) in [6, 6.07) is 15.9. The van der Waals surface area contributed by atoms with Gasteiger partial charge in [-0.2, -0.15) is 0 Å². The van der Waals surface area contributed by atoms with E-state index in [-0.39, 0.29) is 17.9 Å². The lowest BCUT2D eigenvalue weighted by Gasteiger charge is -2.44. The van der Waals surface area contributed by atoms with Crippen molar-refractivity contribution in [3.8, 4) is 17.2 Å². The Bertz CT molecular complexity index is 940. The maximum Gasteiger partial charge on any atom is 0.260 e. The predicted octanol–water partition coefficient (Wildman–Crippen LogP) is 4.42. The zero-order chi connectivity index (χ0) is 23.8. The van der Waals surface area contributed by atoms with Crippen molar-refractivity contribution in [3.05, 3.63) is 54.1 Å². The third-order valence-electron chi connectivity index (χ3n) is 7.31. The summed E-state index contributed by atoms with van der Waals surface area (Å²) in [5.74, 6) is 2.34. The van der Waals surface area contributed by atoms with Crippen LogP contribution in [-0.4, -0.2) is 69.3 Å². The Kier molecular flexibility index (Phi) is 8.33.